The van der Waals surface area contributed by atoms with Gasteiger partial charge in [0.05, 0.1) is 16.1 Å². The van der Waals surface area contributed by atoms with E-state index in [0.29, 0.717) is 25.3 Å². The van der Waals surface area contributed by atoms with Crippen LogP contribution in [0.3, 0.4) is 0 Å². The van der Waals surface area contributed by atoms with E-state index in [1.165, 1.54) is 12.1 Å². The molecular formula is C12H15N3O5S. The Labute approximate surface area is 121 Å². The van der Waals surface area contributed by atoms with E-state index in [2.05, 4.69) is 5.32 Å². The van der Waals surface area contributed by atoms with Crippen LogP contribution in [0.4, 0.5) is 5.69 Å². The SMILES string of the molecule is NS(=O)(=O)c1ccc(N2CCNC(=O)CC2)c(C(=O)O)c1. The summed E-state index contributed by atoms with van der Waals surface area (Å²) in [6, 6.07) is 3.70. The number of carboxylic acid groups (broad SMARTS) is 1. The number of nitrogens with one attached hydrogen (secondary N) is 1. The molecule has 9 heteroatoms. The van der Waals surface area contributed by atoms with Crippen molar-refractivity contribution in [2.24, 2.45) is 5.14 Å². The zero-order valence-corrected chi connectivity index (χ0v) is 11.9. The first-order valence-electron chi connectivity index (χ1n) is 6.21. The van der Waals surface area contributed by atoms with E-state index >= 15 is 0 Å². The van der Waals surface area contributed by atoms with Crippen LogP contribution in [0.15, 0.2) is 23.1 Å². The van der Waals surface area contributed by atoms with Crippen LogP contribution < -0.4 is 15.4 Å². The van der Waals surface area contributed by atoms with E-state index in [-0.39, 0.29) is 22.8 Å². The maximum atomic E-state index is 11.3. The standard InChI is InChI=1S/C12H15N3O5S/c13-21(19,20)8-1-2-10(9(7-8)12(17)18)15-5-3-11(16)14-4-6-15/h1-2,7H,3-6H2,(H,14,16)(H,17,18)(H2,13,19,20). The molecule has 1 aliphatic heterocycles. The maximum Gasteiger partial charge on any atom is 0.337 e. The number of carbonyl (C=O) groups is 2. The number of primary sulfonamides is 1. The number of sulfonamides is 1. The summed E-state index contributed by atoms with van der Waals surface area (Å²) in [5.74, 6) is -1.35. The molecule has 1 aromatic carbocycles. The lowest BCUT2D eigenvalue weighted by Gasteiger charge is -2.23. The van der Waals surface area contributed by atoms with Gasteiger partial charge in [0.25, 0.3) is 0 Å². The molecule has 1 aliphatic rings. The van der Waals surface area contributed by atoms with Gasteiger partial charge in [0.15, 0.2) is 0 Å². The fourth-order valence-corrected chi connectivity index (χ4v) is 2.69. The lowest BCUT2D eigenvalue weighted by molar-refractivity contribution is -0.120. The lowest BCUT2D eigenvalue weighted by atomic mass is 10.1. The molecule has 0 atom stereocenters. The molecule has 0 aromatic heterocycles. The van der Waals surface area contributed by atoms with Gasteiger partial charge in [0, 0.05) is 26.1 Å². The van der Waals surface area contributed by atoms with Gasteiger partial charge in [-0.25, -0.2) is 18.4 Å². The molecule has 0 aliphatic carbocycles. The Hall–Kier alpha value is -2.13. The number of amides is 1. The number of hydrogen-bond acceptors (Lipinski definition) is 5. The van der Waals surface area contributed by atoms with Crippen LogP contribution in [0.5, 0.6) is 0 Å². The molecular weight excluding hydrogens is 298 g/mol. The normalized spacial score (nSPS) is 16.2. The molecule has 4 N–H and O–H groups in total. The van der Waals surface area contributed by atoms with E-state index in [1.54, 1.807) is 4.90 Å². The van der Waals surface area contributed by atoms with Gasteiger partial charge in [-0.1, -0.05) is 0 Å². The number of rotatable bonds is 3. The van der Waals surface area contributed by atoms with Crippen molar-refractivity contribution in [3.05, 3.63) is 23.8 Å². The van der Waals surface area contributed by atoms with E-state index in [4.69, 9.17) is 5.14 Å². The molecule has 0 saturated carbocycles. The van der Waals surface area contributed by atoms with Crippen molar-refractivity contribution in [3.63, 3.8) is 0 Å². The Morgan fingerprint density at radius 1 is 1.33 bits per heavy atom. The number of hydrogen-bond donors (Lipinski definition) is 3. The topological polar surface area (TPSA) is 130 Å². The average Bonchev–Trinajstić information content (AvgIpc) is 2.61. The quantitative estimate of drug-likeness (QED) is 0.680. The summed E-state index contributed by atoms with van der Waals surface area (Å²) in [7, 11) is -3.97. The fraction of sp³-hybridized carbons (Fsp3) is 0.333. The minimum atomic E-state index is -3.97. The van der Waals surface area contributed by atoms with Gasteiger partial charge in [-0.2, -0.15) is 0 Å². The molecule has 0 radical (unpaired) electrons. The predicted molar refractivity (Wildman–Crippen MR) is 74.6 cm³/mol. The number of benzene rings is 1. The Bertz CT molecular complexity index is 686. The van der Waals surface area contributed by atoms with Gasteiger partial charge in [-0.05, 0) is 18.2 Å². The van der Waals surface area contributed by atoms with Crippen LogP contribution in [-0.2, 0) is 14.8 Å². The first-order valence-corrected chi connectivity index (χ1v) is 7.75. The number of nitrogens with two attached hydrogens (primary N) is 1. The molecule has 2 rings (SSSR count). The van der Waals surface area contributed by atoms with Crippen molar-refractivity contribution in [1.29, 1.82) is 0 Å². The minimum absolute atomic E-state index is 0.101. The van der Waals surface area contributed by atoms with Crippen LogP contribution in [0.25, 0.3) is 0 Å². The van der Waals surface area contributed by atoms with Crippen molar-refractivity contribution < 1.29 is 23.1 Å². The minimum Gasteiger partial charge on any atom is -0.478 e. The van der Waals surface area contributed by atoms with Crippen LogP contribution in [-0.4, -0.2) is 45.0 Å². The van der Waals surface area contributed by atoms with E-state index in [1.807, 2.05) is 0 Å². The zero-order chi connectivity index (χ0) is 15.6. The number of anilines is 1. The van der Waals surface area contributed by atoms with E-state index in [9.17, 15) is 23.1 Å². The maximum absolute atomic E-state index is 11.3. The number of aromatic carboxylic acids is 1. The first kappa shape index (κ1) is 15.3. The summed E-state index contributed by atoms with van der Waals surface area (Å²) in [5, 5.41) is 17.0. The molecule has 0 unspecified atom stereocenters. The fourth-order valence-electron chi connectivity index (χ4n) is 2.15. The van der Waals surface area contributed by atoms with E-state index in [0.717, 1.165) is 6.07 Å². The predicted octanol–water partition coefficient (Wildman–Crippen LogP) is -0.641. The molecule has 114 valence electrons. The number of nitrogens with zero attached hydrogens (tertiary/aromatic N) is 1. The summed E-state index contributed by atoms with van der Waals surface area (Å²) >= 11 is 0. The summed E-state index contributed by atoms with van der Waals surface area (Å²) in [5.41, 5.74) is 0.210. The highest BCUT2D eigenvalue weighted by atomic mass is 32.2. The molecule has 1 aromatic rings. The zero-order valence-electron chi connectivity index (χ0n) is 11.1. The Balaban J connectivity index is 2.43. The smallest absolute Gasteiger partial charge is 0.337 e. The molecule has 21 heavy (non-hydrogen) atoms. The molecule has 1 amide bonds. The van der Waals surface area contributed by atoms with Crippen LogP contribution >= 0.6 is 0 Å². The molecule has 1 fully saturated rings. The van der Waals surface area contributed by atoms with Crippen LogP contribution in [0.2, 0.25) is 0 Å². The third-order valence-corrected chi connectivity index (χ3v) is 4.09. The third kappa shape index (κ3) is 3.50. The summed E-state index contributed by atoms with van der Waals surface area (Å²) in [4.78, 5) is 24.1. The van der Waals surface area contributed by atoms with Gasteiger partial charge in [-0.3, -0.25) is 4.79 Å². The summed E-state index contributed by atoms with van der Waals surface area (Å²) in [6.45, 7) is 1.20. The molecule has 8 nitrogen and oxygen atoms in total. The van der Waals surface area contributed by atoms with Crippen molar-refractivity contribution in [1.82, 2.24) is 5.32 Å². The van der Waals surface area contributed by atoms with Crippen molar-refractivity contribution in [3.8, 4) is 0 Å². The highest BCUT2D eigenvalue weighted by Gasteiger charge is 2.21. The Kier molecular flexibility index (Phi) is 4.14. The largest absolute Gasteiger partial charge is 0.478 e. The molecule has 0 spiro atoms. The second-order valence-electron chi connectivity index (χ2n) is 4.62. The van der Waals surface area contributed by atoms with Crippen molar-refractivity contribution in [2.75, 3.05) is 24.5 Å². The monoisotopic (exact) mass is 313 g/mol. The second kappa shape index (κ2) is 5.70. The Morgan fingerprint density at radius 3 is 2.67 bits per heavy atom. The summed E-state index contributed by atoms with van der Waals surface area (Å²) < 4.78 is 22.6. The third-order valence-electron chi connectivity index (χ3n) is 3.18. The second-order valence-corrected chi connectivity index (χ2v) is 6.18. The van der Waals surface area contributed by atoms with Crippen LogP contribution in [0.1, 0.15) is 16.8 Å². The highest BCUT2D eigenvalue weighted by Crippen LogP contribution is 2.24. The number of carbonyl (C=O) groups excluding carboxylic acids is 1. The molecule has 1 heterocycles. The van der Waals surface area contributed by atoms with E-state index < -0.39 is 16.0 Å². The highest BCUT2D eigenvalue weighted by molar-refractivity contribution is 7.89. The van der Waals surface area contributed by atoms with Crippen LogP contribution in [0, 0.1) is 0 Å². The average molecular weight is 313 g/mol. The number of carboxylic acids is 1. The molecule has 1 saturated heterocycles. The lowest BCUT2D eigenvalue weighted by Crippen LogP contribution is -2.29. The Morgan fingerprint density at radius 2 is 2.05 bits per heavy atom. The van der Waals surface area contributed by atoms with Gasteiger partial charge < -0.3 is 15.3 Å². The summed E-state index contributed by atoms with van der Waals surface area (Å²) in [6.07, 6.45) is 0.246. The van der Waals surface area contributed by atoms with Crippen molar-refractivity contribution >= 4 is 27.6 Å². The van der Waals surface area contributed by atoms with Gasteiger partial charge in [0.1, 0.15) is 0 Å². The first-order chi connectivity index (χ1) is 9.79. The van der Waals surface area contributed by atoms with Crippen molar-refractivity contribution in [2.45, 2.75) is 11.3 Å². The van der Waals surface area contributed by atoms with Gasteiger partial charge >= 0.3 is 5.97 Å². The van der Waals surface area contributed by atoms with Gasteiger partial charge in [-0.15, -0.1) is 0 Å². The molecule has 0 bridgehead atoms. The van der Waals surface area contributed by atoms with Gasteiger partial charge in [0.2, 0.25) is 15.9 Å².